The fourth-order valence-corrected chi connectivity index (χ4v) is 7.71. The molecule has 0 amide bonds. The lowest BCUT2D eigenvalue weighted by Gasteiger charge is -2.59. The third-order valence-electron chi connectivity index (χ3n) is 9.23. The molecule has 5 aliphatic rings. The van der Waals surface area contributed by atoms with E-state index in [-0.39, 0.29) is 27.9 Å². The lowest BCUT2D eigenvalue weighted by molar-refractivity contribution is -0.422. The number of nitrogens with zero attached hydrogens (tertiary/aromatic N) is 1. The van der Waals surface area contributed by atoms with Crippen LogP contribution < -0.4 is 5.32 Å². The van der Waals surface area contributed by atoms with Crippen LogP contribution in [0.1, 0.15) is 78.1 Å². The summed E-state index contributed by atoms with van der Waals surface area (Å²) in [6.07, 6.45) is 10.9. The Labute approximate surface area is 161 Å². The van der Waals surface area contributed by atoms with E-state index in [9.17, 15) is 14.9 Å². The highest BCUT2D eigenvalue weighted by Crippen LogP contribution is 2.65. The van der Waals surface area contributed by atoms with Crippen LogP contribution in [-0.2, 0) is 4.79 Å². The molecule has 4 fully saturated rings. The minimum Gasteiger partial charge on any atom is -0.310 e. The molecule has 0 heterocycles. The molecular formula is C22H32N2O3. The maximum absolute atomic E-state index is 12.7. The van der Waals surface area contributed by atoms with Gasteiger partial charge in [0.2, 0.25) is 5.78 Å². The quantitative estimate of drug-likeness (QED) is 0.594. The number of ketones is 1. The molecular weight excluding hydrogens is 340 g/mol. The van der Waals surface area contributed by atoms with Crippen molar-refractivity contribution in [2.75, 3.05) is 0 Å². The molecule has 1 N–H and O–H groups in total. The lowest BCUT2D eigenvalue weighted by atomic mass is 9.46. The molecule has 0 saturated heterocycles. The number of nitrogens with one attached hydrogen (secondary N) is 1. The van der Waals surface area contributed by atoms with Crippen molar-refractivity contribution in [2.45, 2.75) is 90.1 Å². The molecule has 0 aromatic carbocycles. The van der Waals surface area contributed by atoms with Crippen LogP contribution in [0.15, 0.2) is 11.3 Å². The van der Waals surface area contributed by atoms with Gasteiger partial charge in [0.05, 0.1) is 4.92 Å². The highest BCUT2D eigenvalue weighted by atomic mass is 16.6. The largest absolute Gasteiger partial charge is 0.311 e. The Kier molecular flexibility index (Phi) is 3.89. The molecule has 5 aliphatic carbocycles. The van der Waals surface area contributed by atoms with Gasteiger partial charge in [-0.05, 0) is 74.5 Å². The lowest BCUT2D eigenvalue weighted by Crippen LogP contribution is -2.60. The van der Waals surface area contributed by atoms with Gasteiger partial charge in [0.15, 0.2) is 0 Å². The molecule has 0 aromatic heterocycles. The number of fused-ring (bicyclic) bond motifs is 5. The Bertz CT molecular complexity index is 727. The number of hydrogen-bond donors (Lipinski definition) is 1. The van der Waals surface area contributed by atoms with Gasteiger partial charge in [0.1, 0.15) is 0 Å². The van der Waals surface area contributed by atoms with E-state index in [1.165, 1.54) is 44.9 Å². The highest BCUT2D eigenvalue weighted by Gasteiger charge is 2.62. The number of carbonyl (C=O) groups is 1. The Morgan fingerprint density at radius 1 is 1.07 bits per heavy atom. The molecule has 1 unspecified atom stereocenters. The van der Waals surface area contributed by atoms with Crippen molar-refractivity contribution in [3.63, 3.8) is 0 Å². The van der Waals surface area contributed by atoms with Gasteiger partial charge < -0.3 is 5.32 Å². The normalized spacial score (nSPS) is 46.7. The van der Waals surface area contributed by atoms with Crippen molar-refractivity contribution in [1.29, 1.82) is 0 Å². The first-order valence-electron chi connectivity index (χ1n) is 11.0. The van der Waals surface area contributed by atoms with Gasteiger partial charge >= 0.3 is 5.70 Å². The average Bonchev–Trinajstić information content (AvgIpc) is 3.33. The van der Waals surface area contributed by atoms with Crippen LogP contribution in [0, 0.1) is 38.7 Å². The summed E-state index contributed by atoms with van der Waals surface area (Å²) in [6.45, 7) is 4.76. The second kappa shape index (κ2) is 5.88. The number of Topliss-reactive ketones (excluding diaryl/α,β-unsaturated/α-hetero) is 1. The fraction of sp³-hybridized carbons (Fsp3) is 0.864. The molecule has 0 radical (unpaired) electrons. The summed E-state index contributed by atoms with van der Waals surface area (Å²) in [7, 11) is 0. The van der Waals surface area contributed by atoms with Crippen LogP contribution in [0.2, 0.25) is 0 Å². The number of carbonyl (C=O) groups excluding carboxylic acids is 1. The zero-order valence-corrected chi connectivity index (χ0v) is 16.6. The summed E-state index contributed by atoms with van der Waals surface area (Å²) < 4.78 is 0. The number of hydrogen-bond acceptors (Lipinski definition) is 4. The first kappa shape index (κ1) is 17.8. The molecule has 0 spiro atoms. The maximum Gasteiger partial charge on any atom is 0.311 e. The van der Waals surface area contributed by atoms with Gasteiger partial charge in [-0.15, -0.1) is 0 Å². The summed E-state index contributed by atoms with van der Waals surface area (Å²) in [5.41, 5.74) is 1.08. The topological polar surface area (TPSA) is 72.2 Å². The second-order valence-corrected chi connectivity index (χ2v) is 10.5. The van der Waals surface area contributed by atoms with Gasteiger partial charge in [-0.2, -0.15) is 0 Å². The predicted molar refractivity (Wildman–Crippen MR) is 103 cm³/mol. The van der Waals surface area contributed by atoms with E-state index in [1.54, 1.807) is 0 Å². The average molecular weight is 373 g/mol. The van der Waals surface area contributed by atoms with Crippen LogP contribution in [0.5, 0.6) is 0 Å². The monoisotopic (exact) mass is 372 g/mol. The smallest absolute Gasteiger partial charge is 0.310 e. The third kappa shape index (κ3) is 2.49. The molecule has 5 rings (SSSR count). The van der Waals surface area contributed by atoms with Crippen LogP contribution in [0.3, 0.4) is 0 Å². The predicted octanol–water partition coefficient (Wildman–Crippen LogP) is 4.24. The standard InChI is InChI=1S/C22H32N2O3/c1-21-10-3-4-15(21)14-7-8-17-20(24(26)27)18(25)12-19(23-13-5-6-13)22(17,2)16(14)9-11-21/h13-16,19,23H,3-12H2,1-2H3/t14-,15-,16-,19?,21-,22+/m0/s1. The summed E-state index contributed by atoms with van der Waals surface area (Å²) in [4.78, 5) is 24.1. The Morgan fingerprint density at radius 2 is 1.85 bits per heavy atom. The molecule has 5 nitrogen and oxygen atoms in total. The zero-order valence-electron chi connectivity index (χ0n) is 16.6. The Morgan fingerprint density at radius 3 is 2.56 bits per heavy atom. The van der Waals surface area contributed by atoms with Crippen molar-refractivity contribution in [3.8, 4) is 0 Å². The van der Waals surface area contributed by atoms with E-state index in [4.69, 9.17) is 0 Å². The van der Waals surface area contributed by atoms with Gasteiger partial charge in [0.25, 0.3) is 0 Å². The summed E-state index contributed by atoms with van der Waals surface area (Å²) in [5.74, 6) is 1.68. The van der Waals surface area contributed by atoms with E-state index in [1.807, 2.05) is 0 Å². The molecule has 27 heavy (non-hydrogen) atoms. The molecule has 0 bridgehead atoms. The third-order valence-corrected chi connectivity index (χ3v) is 9.23. The minimum atomic E-state index is -0.369. The van der Waals surface area contributed by atoms with Crippen LogP contribution >= 0.6 is 0 Å². The SMILES string of the molecule is C[C@@]12CCC[C@H]1[C@@H]1CCC3=C([N+](=O)[O-])C(=O)CC(NC4CC4)[C@]3(C)[C@H]1CC2. The van der Waals surface area contributed by atoms with Crippen molar-refractivity contribution in [2.24, 2.45) is 28.6 Å². The minimum absolute atomic E-state index is 0.0513. The number of rotatable bonds is 3. The second-order valence-electron chi connectivity index (χ2n) is 10.5. The van der Waals surface area contributed by atoms with E-state index in [0.717, 1.165) is 24.3 Å². The molecule has 148 valence electrons. The molecule has 0 aromatic rings. The Hall–Kier alpha value is -1.23. The van der Waals surface area contributed by atoms with E-state index >= 15 is 0 Å². The van der Waals surface area contributed by atoms with Crippen LogP contribution in [0.4, 0.5) is 0 Å². The maximum atomic E-state index is 12.7. The molecule has 5 heteroatoms. The first-order valence-corrected chi connectivity index (χ1v) is 11.0. The molecule has 4 saturated carbocycles. The number of nitro groups is 1. The van der Waals surface area contributed by atoms with E-state index < -0.39 is 0 Å². The van der Waals surface area contributed by atoms with Crippen LogP contribution in [-0.4, -0.2) is 22.8 Å². The first-order chi connectivity index (χ1) is 12.8. The van der Waals surface area contributed by atoms with Gasteiger partial charge in [-0.3, -0.25) is 14.9 Å². The molecule has 6 atom stereocenters. The fourth-order valence-electron chi connectivity index (χ4n) is 7.71. The van der Waals surface area contributed by atoms with Gasteiger partial charge in [-0.25, -0.2) is 0 Å². The van der Waals surface area contributed by atoms with Crippen molar-refractivity contribution < 1.29 is 9.72 Å². The van der Waals surface area contributed by atoms with Crippen molar-refractivity contribution in [3.05, 3.63) is 21.4 Å². The van der Waals surface area contributed by atoms with Gasteiger partial charge in [-0.1, -0.05) is 20.3 Å². The van der Waals surface area contributed by atoms with E-state index in [2.05, 4.69) is 19.2 Å². The summed E-state index contributed by atoms with van der Waals surface area (Å²) in [6, 6.07) is 0.591. The van der Waals surface area contributed by atoms with Crippen LogP contribution in [0.25, 0.3) is 0 Å². The summed E-state index contributed by atoms with van der Waals surface area (Å²) in [5, 5.41) is 15.6. The highest BCUT2D eigenvalue weighted by molar-refractivity contribution is 5.95. The zero-order chi connectivity index (χ0) is 19.0. The van der Waals surface area contributed by atoms with Gasteiger partial charge in [0, 0.05) is 29.5 Å². The Balaban J connectivity index is 1.59. The molecule has 0 aliphatic heterocycles. The summed E-state index contributed by atoms with van der Waals surface area (Å²) >= 11 is 0. The van der Waals surface area contributed by atoms with E-state index in [0.29, 0.717) is 29.7 Å². The van der Waals surface area contributed by atoms with Crippen molar-refractivity contribution >= 4 is 5.78 Å². The van der Waals surface area contributed by atoms with Crippen molar-refractivity contribution in [1.82, 2.24) is 5.32 Å².